The van der Waals surface area contributed by atoms with Crippen LogP contribution in [0.25, 0.3) is 10.8 Å². The molecule has 2 aliphatic rings. The van der Waals surface area contributed by atoms with Gasteiger partial charge >= 0.3 is 6.03 Å². The Bertz CT molecular complexity index is 1230. The van der Waals surface area contributed by atoms with Gasteiger partial charge in [-0.2, -0.15) is 0 Å². The van der Waals surface area contributed by atoms with Gasteiger partial charge in [-0.05, 0) is 41.5 Å². The third-order valence-corrected chi connectivity index (χ3v) is 5.77. The SMILES string of the molecule is C[C@]1(c2cccc3ccccc23)NC(=O)N(CC(=O)c2ccc3c(c2)OCCO3)C1=O. The van der Waals surface area contributed by atoms with E-state index in [0.717, 1.165) is 15.7 Å². The van der Waals surface area contributed by atoms with E-state index in [4.69, 9.17) is 9.47 Å². The maximum absolute atomic E-state index is 13.3. The van der Waals surface area contributed by atoms with Crippen LogP contribution in [0.4, 0.5) is 4.79 Å². The fourth-order valence-corrected chi connectivity index (χ4v) is 4.14. The number of fused-ring (bicyclic) bond motifs is 2. The van der Waals surface area contributed by atoms with E-state index >= 15 is 0 Å². The highest BCUT2D eigenvalue weighted by atomic mass is 16.6. The van der Waals surface area contributed by atoms with Crippen LogP contribution in [0.1, 0.15) is 22.8 Å². The zero-order chi connectivity index (χ0) is 21.6. The van der Waals surface area contributed by atoms with E-state index in [1.807, 2.05) is 42.5 Å². The molecule has 156 valence electrons. The van der Waals surface area contributed by atoms with Gasteiger partial charge in [0.2, 0.25) is 0 Å². The Morgan fingerprint density at radius 2 is 1.74 bits per heavy atom. The van der Waals surface area contributed by atoms with Crippen molar-refractivity contribution in [2.24, 2.45) is 0 Å². The van der Waals surface area contributed by atoms with Crippen molar-refractivity contribution in [1.29, 1.82) is 0 Å². The number of hydrogen-bond acceptors (Lipinski definition) is 5. The van der Waals surface area contributed by atoms with Gasteiger partial charge in [-0.3, -0.25) is 14.5 Å². The Balaban J connectivity index is 1.43. The van der Waals surface area contributed by atoms with Crippen LogP contribution in [0.5, 0.6) is 11.5 Å². The molecule has 3 aromatic carbocycles. The smallest absolute Gasteiger partial charge is 0.325 e. The molecule has 7 nitrogen and oxygen atoms in total. The molecule has 3 amide bonds. The van der Waals surface area contributed by atoms with E-state index in [0.29, 0.717) is 35.8 Å². The van der Waals surface area contributed by atoms with Gasteiger partial charge < -0.3 is 14.8 Å². The largest absolute Gasteiger partial charge is 0.486 e. The number of imide groups is 1. The number of nitrogens with one attached hydrogen (secondary N) is 1. The predicted molar refractivity (Wildman–Crippen MR) is 113 cm³/mol. The zero-order valence-corrected chi connectivity index (χ0v) is 16.9. The number of rotatable bonds is 4. The van der Waals surface area contributed by atoms with Crippen molar-refractivity contribution in [3.05, 3.63) is 71.8 Å². The maximum Gasteiger partial charge on any atom is 0.325 e. The summed E-state index contributed by atoms with van der Waals surface area (Å²) in [5.41, 5.74) is -0.216. The number of ether oxygens (including phenoxy) is 2. The minimum absolute atomic E-state index is 0.351. The van der Waals surface area contributed by atoms with Crippen LogP contribution in [0.3, 0.4) is 0 Å². The zero-order valence-electron chi connectivity index (χ0n) is 16.9. The summed E-state index contributed by atoms with van der Waals surface area (Å²) in [5, 5.41) is 4.63. The summed E-state index contributed by atoms with van der Waals surface area (Å²) in [6.45, 7) is 2.17. The molecule has 0 spiro atoms. The summed E-state index contributed by atoms with van der Waals surface area (Å²) < 4.78 is 11.0. The first-order valence-corrected chi connectivity index (χ1v) is 10.0. The van der Waals surface area contributed by atoms with E-state index in [2.05, 4.69) is 5.32 Å². The van der Waals surface area contributed by atoms with Crippen LogP contribution in [0, 0.1) is 0 Å². The Labute approximate surface area is 178 Å². The molecule has 1 atom stereocenters. The molecule has 5 rings (SSSR count). The second-order valence-corrected chi connectivity index (χ2v) is 7.75. The first kappa shape index (κ1) is 19.1. The lowest BCUT2D eigenvalue weighted by atomic mass is 9.88. The van der Waals surface area contributed by atoms with Crippen LogP contribution < -0.4 is 14.8 Å². The minimum Gasteiger partial charge on any atom is -0.486 e. The lowest BCUT2D eigenvalue weighted by Gasteiger charge is -2.24. The Hall–Kier alpha value is -3.87. The molecule has 0 radical (unpaired) electrons. The van der Waals surface area contributed by atoms with Crippen LogP contribution in [0.2, 0.25) is 0 Å². The first-order valence-electron chi connectivity index (χ1n) is 10.0. The number of urea groups is 1. The van der Waals surface area contributed by atoms with E-state index in [1.165, 1.54) is 0 Å². The molecular formula is C24H20N2O5. The maximum atomic E-state index is 13.3. The Kier molecular flexibility index (Phi) is 4.39. The number of carbonyl (C=O) groups excluding carboxylic acids is 3. The standard InChI is InChI=1S/C24H20N2O5/c1-24(18-8-4-6-15-5-2-3-7-17(15)18)22(28)26(23(29)25-24)14-19(27)16-9-10-20-21(13-16)31-12-11-30-20/h2-10,13H,11-12,14H2,1H3,(H,25,29)/t24-/m1/s1. The second kappa shape index (κ2) is 7.12. The van der Waals surface area contributed by atoms with E-state index in [-0.39, 0.29) is 12.3 Å². The van der Waals surface area contributed by atoms with Crippen molar-refractivity contribution in [1.82, 2.24) is 10.2 Å². The highest BCUT2D eigenvalue weighted by Crippen LogP contribution is 2.34. The van der Waals surface area contributed by atoms with Gasteiger partial charge in [0.15, 0.2) is 17.3 Å². The third-order valence-electron chi connectivity index (χ3n) is 5.77. The lowest BCUT2D eigenvalue weighted by Crippen LogP contribution is -2.41. The summed E-state index contributed by atoms with van der Waals surface area (Å²) in [6, 6.07) is 17.6. The Morgan fingerprint density at radius 3 is 2.58 bits per heavy atom. The van der Waals surface area contributed by atoms with E-state index in [9.17, 15) is 14.4 Å². The summed E-state index contributed by atoms with van der Waals surface area (Å²) in [4.78, 5) is 39.9. The number of amides is 3. The molecule has 2 aliphatic heterocycles. The average molecular weight is 416 g/mol. The van der Waals surface area contributed by atoms with Gasteiger partial charge in [0.05, 0.1) is 6.54 Å². The monoisotopic (exact) mass is 416 g/mol. The van der Waals surface area contributed by atoms with Crippen molar-refractivity contribution >= 4 is 28.5 Å². The molecule has 0 bridgehead atoms. The molecule has 0 aromatic heterocycles. The number of carbonyl (C=O) groups is 3. The van der Waals surface area contributed by atoms with Crippen molar-refractivity contribution in [2.45, 2.75) is 12.5 Å². The van der Waals surface area contributed by atoms with E-state index in [1.54, 1.807) is 25.1 Å². The van der Waals surface area contributed by atoms with Gasteiger partial charge in [-0.25, -0.2) is 4.79 Å². The minimum atomic E-state index is -1.26. The molecule has 31 heavy (non-hydrogen) atoms. The predicted octanol–water partition coefficient (Wildman–Crippen LogP) is 3.26. The molecule has 7 heteroatoms. The van der Waals surface area contributed by atoms with Gasteiger partial charge in [0.25, 0.3) is 5.91 Å². The quantitative estimate of drug-likeness (QED) is 0.521. The molecule has 1 saturated heterocycles. The molecule has 2 heterocycles. The summed E-state index contributed by atoms with van der Waals surface area (Å²) in [7, 11) is 0. The van der Waals surface area contributed by atoms with Crippen LogP contribution >= 0.6 is 0 Å². The highest BCUT2D eigenvalue weighted by Gasteiger charge is 2.50. The molecule has 0 unspecified atom stereocenters. The fourth-order valence-electron chi connectivity index (χ4n) is 4.14. The molecule has 0 aliphatic carbocycles. The number of hydrogen-bond donors (Lipinski definition) is 1. The summed E-state index contributed by atoms with van der Waals surface area (Å²) >= 11 is 0. The number of benzene rings is 3. The third kappa shape index (κ3) is 3.09. The van der Waals surface area contributed by atoms with Gasteiger partial charge in [-0.1, -0.05) is 42.5 Å². The Morgan fingerprint density at radius 1 is 1.00 bits per heavy atom. The van der Waals surface area contributed by atoms with Crippen LogP contribution in [-0.2, 0) is 10.3 Å². The van der Waals surface area contributed by atoms with Crippen molar-refractivity contribution in [2.75, 3.05) is 19.8 Å². The van der Waals surface area contributed by atoms with Gasteiger partial charge in [0, 0.05) is 5.56 Å². The van der Waals surface area contributed by atoms with Gasteiger partial charge in [0.1, 0.15) is 18.8 Å². The molecule has 1 N–H and O–H groups in total. The summed E-state index contributed by atoms with van der Waals surface area (Å²) in [5.74, 6) is 0.235. The molecule has 1 fully saturated rings. The molecular weight excluding hydrogens is 396 g/mol. The van der Waals surface area contributed by atoms with Crippen LogP contribution in [0.15, 0.2) is 60.7 Å². The second-order valence-electron chi connectivity index (χ2n) is 7.75. The van der Waals surface area contributed by atoms with Crippen molar-refractivity contribution in [3.8, 4) is 11.5 Å². The number of Topliss-reactive ketones (excluding diaryl/α,β-unsaturated/α-hetero) is 1. The number of nitrogens with zero attached hydrogens (tertiary/aromatic N) is 1. The van der Waals surface area contributed by atoms with Crippen molar-refractivity contribution < 1.29 is 23.9 Å². The highest BCUT2D eigenvalue weighted by molar-refractivity contribution is 6.12. The number of ketones is 1. The molecule has 0 saturated carbocycles. The van der Waals surface area contributed by atoms with Crippen molar-refractivity contribution in [3.63, 3.8) is 0 Å². The topological polar surface area (TPSA) is 84.9 Å². The summed E-state index contributed by atoms with van der Waals surface area (Å²) in [6.07, 6.45) is 0. The normalized spacial score (nSPS) is 20.1. The lowest BCUT2D eigenvalue weighted by molar-refractivity contribution is -0.130. The van der Waals surface area contributed by atoms with E-state index < -0.39 is 17.5 Å². The van der Waals surface area contributed by atoms with Crippen LogP contribution in [-0.4, -0.2) is 42.4 Å². The van der Waals surface area contributed by atoms with Gasteiger partial charge in [-0.15, -0.1) is 0 Å². The fraction of sp³-hybridized carbons (Fsp3) is 0.208. The first-order chi connectivity index (χ1) is 15.0. The average Bonchev–Trinajstić information content (AvgIpc) is 3.02. The molecule has 3 aromatic rings.